The van der Waals surface area contributed by atoms with Crippen molar-refractivity contribution in [1.82, 2.24) is 0 Å². The van der Waals surface area contributed by atoms with Gasteiger partial charge >= 0.3 is 0 Å². The fourth-order valence-electron chi connectivity index (χ4n) is 0.709. The molecule has 1 atom stereocenters. The van der Waals surface area contributed by atoms with Crippen molar-refractivity contribution in [3.05, 3.63) is 11.3 Å². The van der Waals surface area contributed by atoms with Crippen LogP contribution in [0.15, 0.2) is 11.3 Å². The van der Waals surface area contributed by atoms with Gasteiger partial charge in [0.2, 0.25) is 5.62 Å². The van der Waals surface area contributed by atoms with Crippen LogP contribution in [0.25, 0.3) is 0 Å². The Labute approximate surface area is 64.9 Å². The molecule has 9 heavy (non-hydrogen) atoms. The zero-order valence-corrected chi connectivity index (χ0v) is 7.82. The number of hydrogen-bond acceptors (Lipinski definition) is 2. The predicted molar refractivity (Wildman–Crippen MR) is 44.5 cm³/mol. The van der Waals surface area contributed by atoms with Crippen molar-refractivity contribution in [2.24, 2.45) is 0 Å². The van der Waals surface area contributed by atoms with Crippen LogP contribution in [0.1, 0.15) is 13.8 Å². The van der Waals surface area contributed by atoms with Gasteiger partial charge in [-0.15, -0.1) is 0 Å². The molecule has 0 aliphatic carbocycles. The maximum atomic E-state index is 5.82. The summed E-state index contributed by atoms with van der Waals surface area (Å²) in [6, 6.07) is 0. The molecule has 1 unspecified atom stereocenters. The van der Waals surface area contributed by atoms with Crippen LogP contribution in [-0.2, 0) is 16.3 Å². The highest BCUT2D eigenvalue weighted by molar-refractivity contribution is 8.24. The first kappa shape index (κ1) is 7.59. The largest absolute Gasteiger partial charge is 0.457 e. The number of rotatable bonds is 0. The molecule has 0 saturated carbocycles. The molecule has 0 radical (unpaired) electrons. The first-order valence-electron chi connectivity index (χ1n) is 2.66. The van der Waals surface area contributed by atoms with E-state index in [4.69, 9.17) is 27.6 Å². The van der Waals surface area contributed by atoms with Crippen molar-refractivity contribution in [2.75, 3.05) is 6.16 Å². The second kappa shape index (κ2) is 2.26. The van der Waals surface area contributed by atoms with Gasteiger partial charge in [0.1, 0.15) is 0 Å². The van der Waals surface area contributed by atoms with Gasteiger partial charge in [-0.2, -0.15) is 0 Å². The van der Waals surface area contributed by atoms with Crippen molar-refractivity contribution in [1.29, 1.82) is 0 Å². The van der Waals surface area contributed by atoms with E-state index in [2.05, 4.69) is 0 Å². The molecule has 1 aliphatic heterocycles. The fourth-order valence-corrected chi connectivity index (χ4v) is 3.89. The molecule has 1 aliphatic rings. The lowest BCUT2D eigenvalue weighted by Gasteiger charge is -2.04. The van der Waals surface area contributed by atoms with Crippen molar-refractivity contribution >= 4 is 28.7 Å². The van der Waals surface area contributed by atoms with Crippen molar-refractivity contribution in [3.8, 4) is 0 Å². The monoisotopic (exact) mass is 182 g/mol. The molecule has 0 saturated heterocycles. The molecule has 4 heteroatoms. The van der Waals surface area contributed by atoms with Crippen LogP contribution in [0, 0.1) is 0 Å². The maximum Gasteiger partial charge on any atom is 0.202 e. The van der Waals surface area contributed by atoms with E-state index in [9.17, 15) is 0 Å². The molecule has 0 fully saturated rings. The zero-order valence-electron chi connectivity index (χ0n) is 5.35. The quantitative estimate of drug-likeness (QED) is 0.533. The normalized spacial score (nSPS) is 35.0. The molecular weight excluding hydrogens is 175 g/mol. The highest BCUT2D eigenvalue weighted by Gasteiger charge is 2.24. The maximum absolute atomic E-state index is 5.82. The Morgan fingerprint density at radius 3 is 2.33 bits per heavy atom. The minimum atomic E-state index is -1.92. The van der Waals surface area contributed by atoms with E-state index in [1.165, 1.54) is 5.57 Å². The van der Waals surface area contributed by atoms with Gasteiger partial charge < -0.3 is 4.52 Å². The number of hydrogen-bond donors (Lipinski definition) is 0. The van der Waals surface area contributed by atoms with Crippen LogP contribution < -0.4 is 0 Å². The molecule has 0 aromatic heterocycles. The van der Waals surface area contributed by atoms with E-state index in [0.717, 1.165) is 11.9 Å². The van der Waals surface area contributed by atoms with E-state index in [0.29, 0.717) is 0 Å². The molecule has 52 valence electrons. The summed E-state index contributed by atoms with van der Waals surface area (Å²) in [5.41, 5.74) is -0.722. The topological polar surface area (TPSA) is 9.23 Å². The first-order chi connectivity index (χ1) is 4.01. The summed E-state index contributed by atoms with van der Waals surface area (Å²) in [5.74, 6) is 0.924. The molecular formula is C5H8ClOPS. The van der Waals surface area contributed by atoms with Crippen LogP contribution in [0.5, 0.6) is 0 Å². The first-order valence-corrected chi connectivity index (χ1v) is 6.47. The van der Waals surface area contributed by atoms with Gasteiger partial charge in [-0.3, -0.25) is 0 Å². The standard InChI is InChI=1S/C5H8ClOPS/c1-4-3-8(6,9)7-5(4)2/h3H2,1-2H3. The Morgan fingerprint density at radius 2 is 2.22 bits per heavy atom. The van der Waals surface area contributed by atoms with Crippen LogP contribution in [0.3, 0.4) is 0 Å². The van der Waals surface area contributed by atoms with Gasteiger partial charge in [0.25, 0.3) is 0 Å². The fraction of sp³-hybridized carbons (Fsp3) is 0.600. The molecule has 0 N–H and O–H groups in total. The SMILES string of the molecule is CC1=C(C)OP(=S)(Cl)C1. The molecule has 0 aromatic rings. The van der Waals surface area contributed by atoms with E-state index in [1.54, 1.807) is 0 Å². The summed E-state index contributed by atoms with van der Waals surface area (Å²) < 4.78 is 5.23. The Bertz CT molecular complexity index is 193. The third-order valence-corrected chi connectivity index (χ3v) is 3.88. The van der Waals surface area contributed by atoms with Crippen LogP contribution in [0.2, 0.25) is 0 Å². The van der Waals surface area contributed by atoms with E-state index >= 15 is 0 Å². The molecule has 1 heterocycles. The highest BCUT2D eigenvalue weighted by Crippen LogP contribution is 2.60. The van der Waals surface area contributed by atoms with Crippen molar-refractivity contribution in [2.45, 2.75) is 13.8 Å². The van der Waals surface area contributed by atoms with Gasteiger partial charge in [0.15, 0.2) is 0 Å². The van der Waals surface area contributed by atoms with E-state index in [1.807, 2.05) is 13.8 Å². The molecule has 0 spiro atoms. The second-order valence-electron chi connectivity index (χ2n) is 2.18. The average Bonchev–Trinajstić information content (AvgIpc) is 1.79. The molecule has 0 amide bonds. The Kier molecular flexibility index (Phi) is 1.91. The van der Waals surface area contributed by atoms with Crippen molar-refractivity contribution < 1.29 is 4.52 Å². The second-order valence-corrected chi connectivity index (χ2v) is 7.86. The smallest absolute Gasteiger partial charge is 0.202 e. The lowest BCUT2D eigenvalue weighted by atomic mass is 10.3. The molecule has 0 aromatic carbocycles. The molecule has 1 nitrogen and oxygen atoms in total. The summed E-state index contributed by atoms with van der Waals surface area (Å²) in [5, 5.41) is 0. The van der Waals surface area contributed by atoms with E-state index in [-0.39, 0.29) is 0 Å². The van der Waals surface area contributed by atoms with Gasteiger partial charge in [-0.1, -0.05) is 0 Å². The minimum Gasteiger partial charge on any atom is -0.457 e. The number of halogens is 1. The van der Waals surface area contributed by atoms with Crippen molar-refractivity contribution in [3.63, 3.8) is 0 Å². The summed E-state index contributed by atoms with van der Waals surface area (Å²) in [6.45, 7) is 3.91. The van der Waals surface area contributed by atoms with Gasteiger partial charge in [-0.05, 0) is 42.5 Å². The average molecular weight is 183 g/mol. The third kappa shape index (κ3) is 1.70. The van der Waals surface area contributed by atoms with Crippen LogP contribution in [0.4, 0.5) is 0 Å². The lowest BCUT2D eigenvalue weighted by molar-refractivity contribution is 0.493. The van der Waals surface area contributed by atoms with Gasteiger partial charge in [-0.25, -0.2) is 0 Å². The highest BCUT2D eigenvalue weighted by atomic mass is 35.7. The minimum absolute atomic E-state index is 0.774. The Hall–Kier alpha value is 0.480. The van der Waals surface area contributed by atoms with Gasteiger partial charge in [0.05, 0.1) is 5.76 Å². The summed E-state index contributed by atoms with van der Waals surface area (Å²) in [4.78, 5) is 0. The van der Waals surface area contributed by atoms with Gasteiger partial charge in [0, 0.05) is 6.16 Å². The Morgan fingerprint density at radius 1 is 1.67 bits per heavy atom. The lowest BCUT2D eigenvalue weighted by Crippen LogP contribution is -1.74. The number of allylic oxidation sites excluding steroid dienone is 2. The summed E-state index contributed by atoms with van der Waals surface area (Å²) >= 11 is 10.8. The molecule has 0 bridgehead atoms. The Balaban J connectivity index is 2.82. The zero-order chi connectivity index (χ0) is 7.07. The molecule has 1 rings (SSSR count). The van der Waals surface area contributed by atoms with Crippen LogP contribution >= 0.6 is 16.9 Å². The van der Waals surface area contributed by atoms with E-state index < -0.39 is 5.62 Å². The predicted octanol–water partition coefficient (Wildman–Crippen LogP) is 2.86. The summed E-state index contributed by atoms with van der Waals surface area (Å²) in [7, 11) is 0. The van der Waals surface area contributed by atoms with Crippen LogP contribution in [-0.4, -0.2) is 6.16 Å². The third-order valence-electron chi connectivity index (χ3n) is 1.30. The summed E-state index contributed by atoms with van der Waals surface area (Å²) in [6.07, 6.45) is 0.774.